The van der Waals surface area contributed by atoms with E-state index < -0.39 is 10.0 Å². The number of fused-ring (bicyclic) bond motifs is 1. The van der Waals surface area contributed by atoms with Crippen molar-refractivity contribution in [2.45, 2.75) is 50.5 Å². The molecule has 1 amide bonds. The van der Waals surface area contributed by atoms with Crippen molar-refractivity contribution in [3.63, 3.8) is 0 Å². The van der Waals surface area contributed by atoms with E-state index in [9.17, 15) is 13.2 Å². The summed E-state index contributed by atoms with van der Waals surface area (Å²) in [6.07, 6.45) is 1.90. The van der Waals surface area contributed by atoms with Crippen molar-refractivity contribution in [1.82, 2.24) is 9.21 Å². The number of benzene rings is 2. The lowest BCUT2D eigenvalue weighted by Crippen LogP contribution is -2.52. The fourth-order valence-corrected chi connectivity index (χ4v) is 6.12. The van der Waals surface area contributed by atoms with Crippen LogP contribution in [0.5, 0.6) is 0 Å². The van der Waals surface area contributed by atoms with Crippen molar-refractivity contribution >= 4 is 21.6 Å². The molecule has 0 spiro atoms. The lowest BCUT2D eigenvalue weighted by molar-refractivity contribution is -0.120. The molecule has 0 saturated carbocycles. The highest BCUT2D eigenvalue weighted by Gasteiger charge is 2.33. The average Bonchev–Trinajstić information content (AvgIpc) is 3.14. The van der Waals surface area contributed by atoms with E-state index in [0.29, 0.717) is 43.5 Å². The summed E-state index contributed by atoms with van der Waals surface area (Å²) < 4.78 is 27.7. The molecule has 0 N–H and O–H groups in total. The van der Waals surface area contributed by atoms with Gasteiger partial charge in [-0.1, -0.05) is 44.2 Å². The summed E-state index contributed by atoms with van der Waals surface area (Å²) in [7, 11) is -3.52. The lowest BCUT2D eigenvalue weighted by atomic mass is 9.99. The number of rotatable bonds is 6. The van der Waals surface area contributed by atoms with Crippen molar-refractivity contribution in [3.05, 3.63) is 59.7 Å². The van der Waals surface area contributed by atoms with Gasteiger partial charge in [0.2, 0.25) is 15.9 Å². The van der Waals surface area contributed by atoms with Crippen LogP contribution in [-0.4, -0.2) is 62.3 Å². The Labute approximate surface area is 191 Å². The first kappa shape index (κ1) is 23.0. The largest absolute Gasteiger partial charge is 0.308 e. The normalized spacial score (nSPS) is 20.8. The summed E-state index contributed by atoms with van der Waals surface area (Å²) in [5, 5.41) is 0. The first-order valence-corrected chi connectivity index (χ1v) is 13.0. The van der Waals surface area contributed by atoms with E-state index in [1.807, 2.05) is 35.2 Å². The molecule has 2 aromatic rings. The minimum atomic E-state index is -3.52. The average molecular weight is 456 g/mol. The predicted molar refractivity (Wildman–Crippen MR) is 127 cm³/mol. The number of carbonyl (C=O) groups excluding carboxylic acids is 1. The summed E-state index contributed by atoms with van der Waals surface area (Å²) in [6, 6.07) is 15.5. The molecule has 2 heterocycles. The molecule has 0 bridgehead atoms. The topological polar surface area (TPSA) is 60.9 Å². The van der Waals surface area contributed by atoms with E-state index in [4.69, 9.17) is 0 Å². The fourth-order valence-electron chi connectivity index (χ4n) is 4.69. The molecular weight excluding hydrogens is 422 g/mol. The van der Waals surface area contributed by atoms with Gasteiger partial charge in [0, 0.05) is 37.9 Å². The number of piperazine rings is 1. The van der Waals surface area contributed by atoms with Crippen molar-refractivity contribution in [2.75, 3.05) is 37.6 Å². The van der Waals surface area contributed by atoms with Crippen LogP contribution in [0.3, 0.4) is 0 Å². The number of carbonyl (C=O) groups is 1. The molecule has 7 heteroatoms. The molecular formula is C25H33N3O3S. The van der Waals surface area contributed by atoms with E-state index in [2.05, 4.69) is 31.7 Å². The summed E-state index contributed by atoms with van der Waals surface area (Å²) >= 11 is 0. The van der Waals surface area contributed by atoms with Crippen LogP contribution in [-0.2, 0) is 21.2 Å². The summed E-state index contributed by atoms with van der Waals surface area (Å²) in [5.74, 6) is 0.498. The summed E-state index contributed by atoms with van der Waals surface area (Å²) in [5.41, 5.74) is 3.38. The molecule has 172 valence electrons. The third-order valence-electron chi connectivity index (χ3n) is 6.87. The maximum Gasteiger partial charge on any atom is 0.243 e. The molecule has 0 radical (unpaired) electrons. The molecule has 6 nitrogen and oxygen atoms in total. The van der Waals surface area contributed by atoms with E-state index in [0.717, 1.165) is 24.1 Å². The Morgan fingerprint density at radius 1 is 1.03 bits per heavy atom. The van der Waals surface area contributed by atoms with Gasteiger partial charge in [-0.3, -0.25) is 9.69 Å². The van der Waals surface area contributed by atoms with Gasteiger partial charge in [0.05, 0.1) is 11.4 Å². The van der Waals surface area contributed by atoms with E-state index in [1.165, 1.54) is 5.56 Å². The van der Waals surface area contributed by atoms with Gasteiger partial charge >= 0.3 is 0 Å². The van der Waals surface area contributed by atoms with Gasteiger partial charge in [0.15, 0.2) is 0 Å². The van der Waals surface area contributed by atoms with Crippen LogP contribution in [0.2, 0.25) is 0 Å². The van der Waals surface area contributed by atoms with Gasteiger partial charge in [0.1, 0.15) is 0 Å². The zero-order valence-corrected chi connectivity index (χ0v) is 20.0. The zero-order valence-electron chi connectivity index (χ0n) is 19.2. The summed E-state index contributed by atoms with van der Waals surface area (Å²) in [4.78, 5) is 17.4. The molecule has 32 heavy (non-hydrogen) atoms. The van der Waals surface area contributed by atoms with Crippen LogP contribution in [0.1, 0.15) is 44.2 Å². The SMILES string of the molecule is CC[C@@H](C)c1ccc(S(=O)(=O)N2CCN(CC(=O)N3c4ccccc4C[C@@H]3C)CC2)cc1. The highest BCUT2D eigenvalue weighted by Crippen LogP contribution is 2.32. The maximum absolute atomic E-state index is 13.1. The monoisotopic (exact) mass is 455 g/mol. The number of para-hydroxylation sites is 1. The van der Waals surface area contributed by atoms with E-state index in [1.54, 1.807) is 16.4 Å². The van der Waals surface area contributed by atoms with Crippen LogP contribution in [0.15, 0.2) is 53.4 Å². The Morgan fingerprint density at radius 2 is 1.69 bits per heavy atom. The number of anilines is 1. The van der Waals surface area contributed by atoms with Gasteiger partial charge < -0.3 is 4.90 Å². The molecule has 2 aromatic carbocycles. The predicted octanol–water partition coefficient (Wildman–Crippen LogP) is 3.48. The maximum atomic E-state index is 13.1. The van der Waals surface area contributed by atoms with E-state index in [-0.39, 0.29) is 11.9 Å². The molecule has 0 unspecified atom stereocenters. The molecule has 1 fully saturated rings. The highest BCUT2D eigenvalue weighted by molar-refractivity contribution is 7.89. The van der Waals surface area contributed by atoms with Gasteiger partial charge in [-0.2, -0.15) is 4.31 Å². The van der Waals surface area contributed by atoms with Gasteiger partial charge in [-0.25, -0.2) is 8.42 Å². The smallest absolute Gasteiger partial charge is 0.243 e. The quantitative estimate of drug-likeness (QED) is 0.669. The Kier molecular flexibility index (Phi) is 6.70. The molecule has 0 aliphatic carbocycles. The Morgan fingerprint density at radius 3 is 2.34 bits per heavy atom. The van der Waals surface area contributed by atoms with Crippen molar-refractivity contribution in [2.24, 2.45) is 0 Å². The Hall–Kier alpha value is -2.22. The molecule has 4 rings (SSSR count). The molecule has 0 aromatic heterocycles. The van der Waals surface area contributed by atoms with Gasteiger partial charge in [-0.15, -0.1) is 0 Å². The van der Waals surface area contributed by atoms with Crippen LogP contribution in [0, 0.1) is 0 Å². The van der Waals surface area contributed by atoms with Crippen LogP contribution >= 0.6 is 0 Å². The lowest BCUT2D eigenvalue weighted by Gasteiger charge is -2.35. The van der Waals surface area contributed by atoms with E-state index >= 15 is 0 Å². The van der Waals surface area contributed by atoms with Crippen LogP contribution in [0.25, 0.3) is 0 Å². The second-order valence-electron chi connectivity index (χ2n) is 9.00. The minimum absolute atomic E-state index is 0.0828. The van der Waals surface area contributed by atoms with Gasteiger partial charge in [-0.05, 0) is 55.0 Å². The Balaban J connectivity index is 1.36. The standard InChI is InChI=1S/C25H33N3O3S/c1-4-19(2)21-9-11-23(12-10-21)32(30,31)27-15-13-26(14-16-27)18-25(29)28-20(3)17-22-7-5-6-8-24(22)28/h5-12,19-20H,4,13-18H2,1-3H3/t19-,20+/m1/s1. The number of hydrogen-bond acceptors (Lipinski definition) is 4. The molecule has 2 aliphatic heterocycles. The summed E-state index contributed by atoms with van der Waals surface area (Å²) in [6.45, 7) is 8.57. The first-order chi connectivity index (χ1) is 15.3. The number of sulfonamides is 1. The molecule has 2 atom stereocenters. The highest BCUT2D eigenvalue weighted by atomic mass is 32.2. The van der Waals surface area contributed by atoms with Crippen LogP contribution < -0.4 is 4.90 Å². The number of amides is 1. The van der Waals surface area contributed by atoms with Crippen molar-refractivity contribution < 1.29 is 13.2 Å². The number of hydrogen-bond donors (Lipinski definition) is 0. The third-order valence-corrected chi connectivity index (χ3v) is 8.78. The second-order valence-corrected chi connectivity index (χ2v) is 10.9. The van der Waals surface area contributed by atoms with Gasteiger partial charge in [0.25, 0.3) is 0 Å². The van der Waals surface area contributed by atoms with Crippen LogP contribution in [0.4, 0.5) is 5.69 Å². The second kappa shape index (κ2) is 9.33. The Bertz CT molecular complexity index is 1060. The third kappa shape index (κ3) is 4.47. The minimum Gasteiger partial charge on any atom is -0.308 e. The van der Waals surface area contributed by atoms with Crippen molar-refractivity contribution in [1.29, 1.82) is 0 Å². The molecule has 2 aliphatic rings. The molecule has 1 saturated heterocycles. The number of nitrogens with zero attached hydrogens (tertiary/aromatic N) is 3. The first-order valence-electron chi connectivity index (χ1n) is 11.5. The zero-order chi connectivity index (χ0) is 22.9. The fraction of sp³-hybridized carbons (Fsp3) is 0.480. The van der Waals surface area contributed by atoms with Crippen molar-refractivity contribution in [3.8, 4) is 0 Å².